The second-order valence-electron chi connectivity index (χ2n) is 16.6. The fourth-order valence-corrected chi connectivity index (χ4v) is 7.82. The molecule has 2 unspecified atom stereocenters. The van der Waals surface area contributed by atoms with Gasteiger partial charge in [-0.2, -0.15) is 0 Å². The lowest BCUT2D eigenvalue weighted by Crippen LogP contribution is -2.45. The van der Waals surface area contributed by atoms with Gasteiger partial charge in [0.25, 0.3) is 0 Å². The zero-order valence-corrected chi connectivity index (χ0v) is 36.3. The standard InChI is InChI=1S/C46H91N3O4/c1-6-10-14-18-20-24-31-43(29-22-16-12-8-3)45(50)52-41-27-35-48(33-26-34-49-39-37-47(5)38-40-49)36-28-42-53-46(51)44(30-23-17-13-9-4)32-25-21-19-15-11-7-2/h43-44H,6-42H2,1-5H3. The summed E-state index contributed by atoms with van der Waals surface area (Å²) in [6, 6.07) is 0. The summed E-state index contributed by atoms with van der Waals surface area (Å²) >= 11 is 0. The normalized spacial score (nSPS) is 15.2. The van der Waals surface area contributed by atoms with Gasteiger partial charge in [-0.05, 0) is 65.1 Å². The SMILES string of the molecule is CCCCCCCCC(CCCCCC)C(=O)OCCCN(CCCOC(=O)C(CCCCCC)CCCCCCCC)CCCN1CCN(C)CC1. The Hall–Kier alpha value is -1.18. The maximum absolute atomic E-state index is 13.2. The highest BCUT2D eigenvalue weighted by Crippen LogP contribution is 2.22. The summed E-state index contributed by atoms with van der Waals surface area (Å²) in [5.41, 5.74) is 0. The Labute approximate surface area is 330 Å². The topological polar surface area (TPSA) is 62.3 Å². The van der Waals surface area contributed by atoms with E-state index in [2.05, 4.69) is 49.4 Å². The van der Waals surface area contributed by atoms with E-state index < -0.39 is 0 Å². The van der Waals surface area contributed by atoms with E-state index >= 15 is 0 Å². The molecule has 1 aliphatic rings. The van der Waals surface area contributed by atoms with Crippen molar-refractivity contribution in [2.45, 2.75) is 201 Å². The molecular formula is C46H91N3O4. The number of nitrogens with zero attached hydrogens (tertiary/aromatic N) is 3. The Bertz CT molecular complexity index is 767. The van der Waals surface area contributed by atoms with Gasteiger partial charge in [0.1, 0.15) is 0 Å². The van der Waals surface area contributed by atoms with Crippen molar-refractivity contribution in [2.24, 2.45) is 11.8 Å². The largest absolute Gasteiger partial charge is 0.465 e. The summed E-state index contributed by atoms with van der Waals surface area (Å²) < 4.78 is 11.9. The van der Waals surface area contributed by atoms with Crippen LogP contribution in [0.15, 0.2) is 0 Å². The second kappa shape index (κ2) is 36.5. The van der Waals surface area contributed by atoms with E-state index in [0.717, 1.165) is 123 Å². The van der Waals surface area contributed by atoms with Gasteiger partial charge in [0.05, 0.1) is 25.0 Å². The second-order valence-corrected chi connectivity index (χ2v) is 16.6. The number of esters is 2. The highest BCUT2D eigenvalue weighted by Gasteiger charge is 2.21. The average molecular weight is 750 g/mol. The van der Waals surface area contributed by atoms with Crippen LogP contribution in [0.25, 0.3) is 0 Å². The molecule has 0 saturated carbocycles. The van der Waals surface area contributed by atoms with Crippen LogP contribution in [0.3, 0.4) is 0 Å². The van der Waals surface area contributed by atoms with Gasteiger partial charge in [-0.25, -0.2) is 0 Å². The molecule has 0 bridgehead atoms. The monoisotopic (exact) mass is 750 g/mol. The summed E-state index contributed by atoms with van der Waals surface area (Å²) in [6.07, 6.45) is 31.5. The van der Waals surface area contributed by atoms with Crippen molar-refractivity contribution >= 4 is 11.9 Å². The third-order valence-electron chi connectivity index (χ3n) is 11.6. The minimum atomic E-state index is 0.0359. The molecule has 0 aromatic heterocycles. The molecule has 7 heteroatoms. The van der Waals surface area contributed by atoms with Crippen LogP contribution in [-0.4, -0.2) is 99.3 Å². The third-order valence-corrected chi connectivity index (χ3v) is 11.6. The van der Waals surface area contributed by atoms with Crippen molar-refractivity contribution in [1.29, 1.82) is 0 Å². The molecule has 0 amide bonds. The fourth-order valence-electron chi connectivity index (χ4n) is 7.82. The Morgan fingerprint density at radius 1 is 0.472 bits per heavy atom. The predicted molar refractivity (Wildman–Crippen MR) is 227 cm³/mol. The molecule has 1 rings (SSSR count). The Balaban J connectivity index is 2.61. The van der Waals surface area contributed by atoms with Gasteiger partial charge in [-0.1, -0.05) is 156 Å². The highest BCUT2D eigenvalue weighted by atomic mass is 16.5. The van der Waals surface area contributed by atoms with Crippen LogP contribution in [0.2, 0.25) is 0 Å². The number of unbranched alkanes of at least 4 members (excludes halogenated alkanes) is 16. The lowest BCUT2D eigenvalue weighted by atomic mass is 9.94. The van der Waals surface area contributed by atoms with Crippen molar-refractivity contribution in [2.75, 3.05) is 72.6 Å². The lowest BCUT2D eigenvalue weighted by Gasteiger charge is -2.33. The molecule has 0 aromatic rings. The van der Waals surface area contributed by atoms with Crippen molar-refractivity contribution in [3.05, 3.63) is 0 Å². The van der Waals surface area contributed by atoms with Crippen LogP contribution in [-0.2, 0) is 19.1 Å². The molecule has 2 atom stereocenters. The van der Waals surface area contributed by atoms with Gasteiger partial charge >= 0.3 is 11.9 Å². The fraction of sp³-hybridized carbons (Fsp3) is 0.957. The molecule has 0 radical (unpaired) electrons. The molecule has 0 N–H and O–H groups in total. The van der Waals surface area contributed by atoms with Crippen molar-refractivity contribution in [3.8, 4) is 0 Å². The molecule has 1 saturated heterocycles. The number of ether oxygens (including phenoxy) is 2. The number of hydrogen-bond donors (Lipinski definition) is 0. The third kappa shape index (κ3) is 28.8. The molecule has 1 heterocycles. The van der Waals surface area contributed by atoms with E-state index in [9.17, 15) is 9.59 Å². The van der Waals surface area contributed by atoms with E-state index in [4.69, 9.17) is 9.47 Å². The quantitative estimate of drug-likeness (QED) is 0.0460. The highest BCUT2D eigenvalue weighted by molar-refractivity contribution is 5.72. The van der Waals surface area contributed by atoms with Gasteiger partial charge in [-0.3, -0.25) is 9.59 Å². The first kappa shape index (κ1) is 49.8. The summed E-state index contributed by atoms with van der Waals surface area (Å²) in [4.78, 5) is 34.0. The molecular weight excluding hydrogens is 659 g/mol. The molecule has 1 aliphatic heterocycles. The first-order valence-corrected chi connectivity index (χ1v) is 23.4. The first-order chi connectivity index (χ1) is 25.9. The Kier molecular flexibility index (Phi) is 34.3. The number of rotatable bonds is 38. The number of carbonyl (C=O) groups is 2. The average Bonchev–Trinajstić information content (AvgIpc) is 3.16. The number of carbonyl (C=O) groups excluding carboxylic acids is 2. The first-order valence-electron chi connectivity index (χ1n) is 23.4. The lowest BCUT2D eigenvalue weighted by molar-refractivity contribution is -0.150. The molecule has 0 aliphatic carbocycles. The minimum Gasteiger partial charge on any atom is -0.465 e. The van der Waals surface area contributed by atoms with Gasteiger partial charge in [0, 0.05) is 39.3 Å². The van der Waals surface area contributed by atoms with Crippen LogP contribution in [0, 0.1) is 11.8 Å². The Morgan fingerprint density at radius 3 is 1.21 bits per heavy atom. The van der Waals surface area contributed by atoms with E-state index in [-0.39, 0.29) is 23.8 Å². The van der Waals surface area contributed by atoms with E-state index in [1.807, 2.05) is 0 Å². The summed E-state index contributed by atoms with van der Waals surface area (Å²) in [6.45, 7) is 18.6. The number of likely N-dealkylation sites (N-methyl/N-ethyl adjacent to an activating group) is 1. The van der Waals surface area contributed by atoms with Crippen molar-refractivity contribution in [3.63, 3.8) is 0 Å². The maximum atomic E-state index is 13.2. The van der Waals surface area contributed by atoms with Crippen LogP contribution in [0.1, 0.15) is 201 Å². The molecule has 314 valence electrons. The number of hydrogen-bond acceptors (Lipinski definition) is 7. The van der Waals surface area contributed by atoms with Crippen LogP contribution in [0.4, 0.5) is 0 Å². The van der Waals surface area contributed by atoms with Crippen LogP contribution >= 0.6 is 0 Å². The zero-order valence-electron chi connectivity index (χ0n) is 36.3. The van der Waals surface area contributed by atoms with E-state index in [0.29, 0.717) is 13.2 Å². The summed E-state index contributed by atoms with van der Waals surface area (Å²) in [7, 11) is 2.21. The molecule has 1 fully saturated rings. The van der Waals surface area contributed by atoms with Gasteiger partial charge in [0.2, 0.25) is 0 Å². The Morgan fingerprint density at radius 2 is 0.811 bits per heavy atom. The van der Waals surface area contributed by atoms with E-state index in [1.54, 1.807) is 0 Å². The molecule has 7 nitrogen and oxygen atoms in total. The number of piperazine rings is 1. The zero-order chi connectivity index (χ0) is 38.6. The summed E-state index contributed by atoms with van der Waals surface area (Å²) in [5, 5.41) is 0. The van der Waals surface area contributed by atoms with E-state index in [1.165, 1.54) is 103 Å². The molecule has 0 spiro atoms. The van der Waals surface area contributed by atoms with Gasteiger partial charge in [0.15, 0.2) is 0 Å². The molecule has 53 heavy (non-hydrogen) atoms. The predicted octanol–water partition coefficient (Wildman–Crippen LogP) is 11.5. The van der Waals surface area contributed by atoms with Crippen molar-refractivity contribution < 1.29 is 19.1 Å². The van der Waals surface area contributed by atoms with Crippen molar-refractivity contribution in [1.82, 2.24) is 14.7 Å². The minimum absolute atomic E-state index is 0.0359. The van der Waals surface area contributed by atoms with Gasteiger partial charge < -0.3 is 24.2 Å². The smallest absolute Gasteiger partial charge is 0.308 e. The van der Waals surface area contributed by atoms with Gasteiger partial charge in [-0.15, -0.1) is 0 Å². The van der Waals surface area contributed by atoms with Crippen LogP contribution in [0.5, 0.6) is 0 Å². The van der Waals surface area contributed by atoms with Crippen LogP contribution < -0.4 is 0 Å². The summed E-state index contributed by atoms with van der Waals surface area (Å²) in [5.74, 6) is 0.190. The molecule has 0 aromatic carbocycles. The maximum Gasteiger partial charge on any atom is 0.308 e.